The van der Waals surface area contributed by atoms with E-state index in [0.29, 0.717) is 18.9 Å². The van der Waals surface area contributed by atoms with Crippen molar-refractivity contribution in [3.63, 3.8) is 0 Å². The highest BCUT2D eigenvalue weighted by atomic mass is 16.5. The van der Waals surface area contributed by atoms with Crippen LogP contribution in [0, 0.1) is 12.8 Å². The van der Waals surface area contributed by atoms with Gasteiger partial charge in [-0.25, -0.2) is 4.99 Å². The van der Waals surface area contributed by atoms with E-state index in [-0.39, 0.29) is 11.8 Å². The lowest BCUT2D eigenvalue weighted by Crippen LogP contribution is -2.40. The molecule has 2 aromatic heterocycles. The third-order valence-electron chi connectivity index (χ3n) is 4.53. The van der Waals surface area contributed by atoms with Crippen LogP contribution in [0.15, 0.2) is 46.6 Å². The van der Waals surface area contributed by atoms with Crippen LogP contribution >= 0.6 is 0 Å². The summed E-state index contributed by atoms with van der Waals surface area (Å²) in [6.45, 7) is 2.54. The number of nitrogens with zero attached hydrogens (tertiary/aromatic N) is 4. The molecule has 1 amide bonds. The molecule has 1 unspecified atom stereocenters. The molecule has 1 N–H and O–H groups in total. The minimum Gasteiger partial charge on any atom is -0.495 e. The second kappa shape index (κ2) is 9.73. The number of carbonyl (C=O) groups is 1. The summed E-state index contributed by atoms with van der Waals surface area (Å²) in [4.78, 5) is 29.6. The first kappa shape index (κ1) is 19.7. The third kappa shape index (κ3) is 5.45. The van der Waals surface area contributed by atoms with Crippen molar-refractivity contribution in [2.45, 2.75) is 32.6 Å². The van der Waals surface area contributed by atoms with Crippen LogP contribution in [0.5, 0.6) is 5.75 Å². The topological polar surface area (TPSA) is 88.8 Å². The number of pyridine rings is 2. The molecule has 3 rings (SSSR count). The highest BCUT2D eigenvalue weighted by Crippen LogP contribution is 2.16. The molecule has 28 heavy (non-hydrogen) atoms. The summed E-state index contributed by atoms with van der Waals surface area (Å²) < 4.78 is 5.31. The van der Waals surface area contributed by atoms with Gasteiger partial charge in [0.2, 0.25) is 11.9 Å². The van der Waals surface area contributed by atoms with E-state index in [9.17, 15) is 4.79 Å². The molecule has 0 saturated carbocycles. The van der Waals surface area contributed by atoms with Gasteiger partial charge in [0.05, 0.1) is 18.7 Å². The zero-order valence-corrected chi connectivity index (χ0v) is 16.3. The van der Waals surface area contributed by atoms with Crippen molar-refractivity contribution in [3.8, 4) is 5.75 Å². The standard InChI is InChI=1S/C21H25N5O2/c1-15-8-9-16(13-24-15)12-17-14-25-21(26-20(17)27)23-10-4-3-6-18-19(28-2)7-5-11-22-18/h5,7-9,11,13-14,17H,3-4,6,10,12H2,1-2H3,(H,23,26,27). The molecule has 0 aromatic carbocycles. The van der Waals surface area contributed by atoms with E-state index in [1.807, 2.05) is 31.2 Å². The lowest BCUT2D eigenvalue weighted by atomic mass is 10.00. The summed E-state index contributed by atoms with van der Waals surface area (Å²) in [5.41, 5.74) is 2.93. The van der Waals surface area contributed by atoms with E-state index in [2.05, 4.69) is 25.3 Å². The number of carbonyl (C=O) groups excluding carboxylic acids is 1. The zero-order chi connectivity index (χ0) is 19.8. The fourth-order valence-corrected chi connectivity index (χ4v) is 2.95. The molecule has 0 fully saturated rings. The maximum absolute atomic E-state index is 12.3. The summed E-state index contributed by atoms with van der Waals surface area (Å²) in [5.74, 6) is 0.832. The number of ether oxygens (including phenoxy) is 1. The summed E-state index contributed by atoms with van der Waals surface area (Å²) in [7, 11) is 1.65. The molecule has 0 bridgehead atoms. The lowest BCUT2D eigenvalue weighted by Gasteiger charge is -2.17. The number of unbranched alkanes of at least 4 members (excludes halogenated alkanes) is 1. The molecule has 1 aliphatic rings. The van der Waals surface area contributed by atoms with Crippen LogP contribution in [0.25, 0.3) is 0 Å². The predicted octanol–water partition coefficient (Wildman–Crippen LogP) is 2.53. The molecule has 2 aromatic rings. The Balaban J connectivity index is 1.45. The molecule has 0 aliphatic carbocycles. The molecule has 1 atom stereocenters. The second-order valence-corrected chi connectivity index (χ2v) is 6.70. The van der Waals surface area contributed by atoms with Crippen LogP contribution < -0.4 is 10.1 Å². The van der Waals surface area contributed by atoms with E-state index in [1.54, 1.807) is 25.7 Å². The van der Waals surface area contributed by atoms with Gasteiger partial charge >= 0.3 is 0 Å². The summed E-state index contributed by atoms with van der Waals surface area (Å²) >= 11 is 0. The molecule has 146 valence electrons. The number of aryl methyl sites for hydroxylation is 2. The van der Waals surface area contributed by atoms with Crippen molar-refractivity contribution in [2.24, 2.45) is 15.9 Å². The van der Waals surface area contributed by atoms with Crippen molar-refractivity contribution >= 4 is 18.1 Å². The Labute approximate surface area is 165 Å². The fraction of sp³-hybridized carbons (Fsp3) is 0.381. The molecule has 7 nitrogen and oxygen atoms in total. The Morgan fingerprint density at radius 2 is 2.11 bits per heavy atom. The Morgan fingerprint density at radius 1 is 1.21 bits per heavy atom. The van der Waals surface area contributed by atoms with Gasteiger partial charge in [0, 0.05) is 30.8 Å². The number of nitrogens with one attached hydrogen (secondary N) is 1. The number of amides is 1. The van der Waals surface area contributed by atoms with E-state index in [4.69, 9.17) is 4.74 Å². The van der Waals surface area contributed by atoms with Gasteiger partial charge in [-0.3, -0.25) is 25.1 Å². The lowest BCUT2D eigenvalue weighted by molar-refractivity contribution is -0.121. The number of hydrogen-bond acceptors (Lipinski definition) is 5. The molecular weight excluding hydrogens is 354 g/mol. The zero-order valence-electron chi connectivity index (χ0n) is 16.3. The number of methoxy groups -OCH3 is 1. The van der Waals surface area contributed by atoms with Gasteiger partial charge in [0.25, 0.3) is 0 Å². The second-order valence-electron chi connectivity index (χ2n) is 6.70. The van der Waals surface area contributed by atoms with Crippen LogP contribution in [0.4, 0.5) is 0 Å². The average molecular weight is 379 g/mol. The smallest absolute Gasteiger partial charge is 0.235 e. The number of guanidine groups is 1. The van der Waals surface area contributed by atoms with Crippen molar-refractivity contribution < 1.29 is 9.53 Å². The first-order valence-corrected chi connectivity index (χ1v) is 9.44. The SMILES string of the molecule is COc1cccnc1CCCCN=C1N=CC(Cc2ccc(C)nc2)C(=O)N1. The molecule has 3 heterocycles. The van der Waals surface area contributed by atoms with Gasteiger partial charge in [-0.1, -0.05) is 6.07 Å². The number of aromatic nitrogens is 2. The third-order valence-corrected chi connectivity index (χ3v) is 4.53. The molecule has 1 aliphatic heterocycles. The van der Waals surface area contributed by atoms with E-state index < -0.39 is 0 Å². The quantitative estimate of drug-likeness (QED) is 0.714. The van der Waals surface area contributed by atoms with Crippen molar-refractivity contribution in [3.05, 3.63) is 53.6 Å². The van der Waals surface area contributed by atoms with Crippen molar-refractivity contribution in [1.82, 2.24) is 15.3 Å². The molecule has 0 saturated heterocycles. The number of aliphatic imine (C=N–C) groups is 2. The van der Waals surface area contributed by atoms with E-state index in [1.165, 1.54) is 0 Å². The van der Waals surface area contributed by atoms with Gasteiger partial charge < -0.3 is 4.74 Å². The largest absolute Gasteiger partial charge is 0.495 e. The highest BCUT2D eigenvalue weighted by molar-refractivity contribution is 6.11. The van der Waals surface area contributed by atoms with Crippen LogP contribution in [-0.4, -0.2) is 41.7 Å². The summed E-state index contributed by atoms with van der Waals surface area (Å²) in [5, 5.41) is 2.79. The Morgan fingerprint density at radius 3 is 2.86 bits per heavy atom. The first-order chi connectivity index (χ1) is 13.7. The van der Waals surface area contributed by atoms with Gasteiger partial charge in [-0.2, -0.15) is 0 Å². The van der Waals surface area contributed by atoms with Crippen LogP contribution in [0.3, 0.4) is 0 Å². The van der Waals surface area contributed by atoms with Crippen LogP contribution in [0.2, 0.25) is 0 Å². The normalized spacial score (nSPS) is 17.6. The van der Waals surface area contributed by atoms with Gasteiger partial charge in [-0.15, -0.1) is 0 Å². The molecular formula is C21H25N5O2. The first-order valence-electron chi connectivity index (χ1n) is 9.44. The summed E-state index contributed by atoms with van der Waals surface area (Å²) in [6, 6.07) is 7.71. The van der Waals surface area contributed by atoms with Crippen LogP contribution in [-0.2, 0) is 17.6 Å². The van der Waals surface area contributed by atoms with Crippen LogP contribution in [0.1, 0.15) is 29.8 Å². The highest BCUT2D eigenvalue weighted by Gasteiger charge is 2.22. The molecule has 0 spiro atoms. The number of hydrogen-bond donors (Lipinski definition) is 1. The van der Waals surface area contributed by atoms with Gasteiger partial charge in [-0.05, 0) is 56.4 Å². The molecule has 7 heteroatoms. The minimum atomic E-state index is -0.292. The average Bonchev–Trinajstić information content (AvgIpc) is 2.71. The predicted molar refractivity (Wildman–Crippen MR) is 109 cm³/mol. The Hall–Kier alpha value is -3.09. The monoisotopic (exact) mass is 379 g/mol. The van der Waals surface area contributed by atoms with E-state index in [0.717, 1.165) is 42.0 Å². The van der Waals surface area contributed by atoms with E-state index >= 15 is 0 Å². The maximum Gasteiger partial charge on any atom is 0.235 e. The Bertz CT molecular complexity index is 861. The van der Waals surface area contributed by atoms with Gasteiger partial charge in [0.15, 0.2) is 0 Å². The summed E-state index contributed by atoms with van der Waals surface area (Å²) in [6.07, 6.45) is 8.48. The number of rotatable bonds is 8. The minimum absolute atomic E-state index is 0.0763. The fourth-order valence-electron chi connectivity index (χ4n) is 2.95. The maximum atomic E-state index is 12.3. The van der Waals surface area contributed by atoms with Crippen molar-refractivity contribution in [2.75, 3.05) is 13.7 Å². The van der Waals surface area contributed by atoms with Crippen molar-refractivity contribution in [1.29, 1.82) is 0 Å². The van der Waals surface area contributed by atoms with Gasteiger partial charge in [0.1, 0.15) is 5.75 Å². The molecule has 0 radical (unpaired) electrons. The Kier molecular flexibility index (Phi) is 6.84.